The van der Waals surface area contributed by atoms with Gasteiger partial charge in [0.15, 0.2) is 0 Å². The molecule has 0 aliphatic carbocycles. The van der Waals surface area contributed by atoms with E-state index in [0.717, 1.165) is 34.6 Å². The topological polar surface area (TPSA) is 38.0 Å². The molecule has 1 unspecified atom stereocenters. The third-order valence-electron chi connectivity index (χ3n) is 3.16. The second kappa shape index (κ2) is 5.95. The molecule has 0 radical (unpaired) electrons. The van der Waals surface area contributed by atoms with Gasteiger partial charge in [-0.1, -0.05) is 19.1 Å². The van der Waals surface area contributed by atoms with Crippen LogP contribution in [0.4, 0.5) is 13.2 Å². The normalized spacial score (nSPS) is 13.4. The maximum atomic E-state index is 12.6. The first-order valence-electron chi connectivity index (χ1n) is 6.17. The number of rotatable bonds is 4. The molecule has 0 saturated heterocycles. The van der Waals surface area contributed by atoms with Gasteiger partial charge in [-0.2, -0.15) is 13.2 Å². The van der Waals surface area contributed by atoms with Crippen LogP contribution in [-0.4, -0.2) is 0 Å². The highest BCUT2D eigenvalue weighted by atomic mass is 32.1. The lowest BCUT2D eigenvalue weighted by atomic mass is 10.0. The van der Waals surface area contributed by atoms with Gasteiger partial charge in [0.2, 0.25) is 0 Å². The molecular formula is C14H15F3N2S. The van der Waals surface area contributed by atoms with E-state index < -0.39 is 11.7 Å². The fourth-order valence-corrected chi connectivity index (χ4v) is 3.16. The van der Waals surface area contributed by atoms with Gasteiger partial charge in [-0.25, -0.2) is 5.43 Å². The van der Waals surface area contributed by atoms with Crippen molar-refractivity contribution in [2.75, 3.05) is 0 Å². The van der Waals surface area contributed by atoms with Crippen LogP contribution in [0.2, 0.25) is 0 Å². The van der Waals surface area contributed by atoms with Crippen LogP contribution in [0.25, 0.3) is 0 Å². The number of benzene rings is 1. The number of hydrogen-bond acceptors (Lipinski definition) is 3. The Balaban J connectivity index is 2.33. The minimum absolute atomic E-state index is 0.285. The van der Waals surface area contributed by atoms with Crippen molar-refractivity contribution >= 4 is 11.3 Å². The quantitative estimate of drug-likeness (QED) is 0.664. The van der Waals surface area contributed by atoms with Gasteiger partial charge in [0.05, 0.1) is 11.6 Å². The van der Waals surface area contributed by atoms with Crippen LogP contribution in [0.1, 0.15) is 34.5 Å². The zero-order valence-electron chi connectivity index (χ0n) is 10.9. The smallest absolute Gasteiger partial charge is 0.271 e. The van der Waals surface area contributed by atoms with Crippen molar-refractivity contribution in [3.8, 4) is 0 Å². The Morgan fingerprint density at radius 3 is 2.35 bits per heavy atom. The van der Waals surface area contributed by atoms with Gasteiger partial charge in [0, 0.05) is 4.88 Å². The molecule has 0 spiro atoms. The zero-order chi connectivity index (χ0) is 14.8. The summed E-state index contributed by atoms with van der Waals surface area (Å²) in [5.74, 6) is 5.58. The number of halogens is 3. The number of aryl methyl sites for hydroxylation is 1. The van der Waals surface area contributed by atoms with Gasteiger partial charge >= 0.3 is 6.18 Å². The molecule has 2 aromatic rings. The Morgan fingerprint density at radius 1 is 1.20 bits per heavy atom. The lowest BCUT2D eigenvalue weighted by Gasteiger charge is -2.17. The fraction of sp³-hybridized carbons (Fsp3) is 0.286. The molecule has 0 amide bonds. The lowest BCUT2D eigenvalue weighted by Crippen LogP contribution is -2.28. The van der Waals surface area contributed by atoms with Gasteiger partial charge in [0.1, 0.15) is 0 Å². The molecule has 1 atom stereocenters. The van der Waals surface area contributed by atoms with E-state index in [0.29, 0.717) is 0 Å². The molecule has 3 N–H and O–H groups in total. The first-order valence-corrected chi connectivity index (χ1v) is 7.05. The second-order valence-electron chi connectivity index (χ2n) is 4.38. The van der Waals surface area contributed by atoms with E-state index >= 15 is 0 Å². The van der Waals surface area contributed by atoms with Crippen molar-refractivity contribution in [1.82, 2.24) is 5.43 Å². The third kappa shape index (κ3) is 3.03. The number of thiophene rings is 1. The summed E-state index contributed by atoms with van der Waals surface area (Å²) in [6.07, 6.45) is -3.46. The van der Waals surface area contributed by atoms with Crippen LogP contribution >= 0.6 is 11.3 Å². The van der Waals surface area contributed by atoms with E-state index in [1.165, 1.54) is 12.1 Å². The van der Waals surface area contributed by atoms with Crippen molar-refractivity contribution in [2.45, 2.75) is 25.6 Å². The maximum absolute atomic E-state index is 12.6. The monoisotopic (exact) mass is 300 g/mol. The van der Waals surface area contributed by atoms with E-state index in [9.17, 15) is 13.2 Å². The highest BCUT2D eigenvalue weighted by molar-refractivity contribution is 7.10. The van der Waals surface area contributed by atoms with Crippen LogP contribution < -0.4 is 11.3 Å². The molecule has 0 fully saturated rings. The highest BCUT2D eigenvalue weighted by Gasteiger charge is 2.30. The largest absolute Gasteiger partial charge is 0.416 e. The summed E-state index contributed by atoms with van der Waals surface area (Å²) in [6, 6.07) is 6.82. The summed E-state index contributed by atoms with van der Waals surface area (Å²) in [7, 11) is 0. The Bertz CT molecular complexity index is 561. The fourth-order valence-electron chi connectivity index (χ4n) is 2.08. The SMILES string of the molecule is CCc1ccsc1C(NN)c1ccc(C(F)(F)F)cc1. The van der Waals surface area contributed by atoms with E-state index in [1.54, 1.807) is 11.3 Å². The molecule has 1 heterocycles. The summed E-state index contributed by atoms with van der Waals surface area (Å²) in [4.78, 5) is 1.04. The van der Waals surface area contributed by atoms with Crippen molar-refractivity contribution in [3.05, 3.63) is 57.3 Å². The molecule has 1 aromatic carbocycles. The Kier molecular flexibility index (Phi) is 4.47. The Hall–Kier alpha value is -1.37. The average Bonchev–Trinajstić information content (AvgIpc) is 2.87. The zero-order valence-corrected chi connectivity index (χ0v) is 11.7. The van der Waals surface area contributed by atoms with Crippen LogP contribution in [-0.2, 0) is 12.6 Å². The van der Waals surface area contributed by atoms with Crippen LogP contribution in [0.3, 0.4) is 0 Å². The van der Waals surface area contributed by atoms with E-state index in [1.807, 2.05) is 18.4 Å². The van der Waals surface area contributed by atoms with Crippen molar-refractivity contribution in [1.29, 1.82) is 0 Å². The van der Waals surface area contributed by atoms with E-state index in [4.69, 9.17) is 5.84 Å². The van der Waals surface area contributed by atoms with Crippen LogP contribution in [0.15, 0.2) is 35.7 Å². The summed E-state index contributed by atoms with van der Waals surface area (Å²) < 4.78 is 37.7. The minimum Gasteiger partial charge on any atom is -0.271 e. The summed E-state index contributed by atoms with van der Waals surface area (Å²) >= 11 is 1.55. The van der Waals surface area contributed by atoms with Crippen molar-refractivity contribution in [3.63, 3.8) is 0 Å². The standard InChI is InChI=1S/C14H15F3N2S/c1-2-9-7-8-20-13(9)12(19-18)10-3-5-11(6-4-10)14(15,16)17/h3-8,12,19H,2,18H2,1H3. The number of nitrogens with two attached hydrogens (primary N) is 1. The minimum atomic E-state index is -4.32. The predicted molar refractivity (Wildman–Crippen MR) is 74.3 cm³/mol. The first kappa shape index (κ1) is 15.0. The Morgan fingerprint density at radius 2 is 1.85 bits per heavy atom. The van der Waals surface area contributed by atoms with E-state index in [-0.39, 0.29) is 6.04 Å². The first-order chi connectivity index (χ1) is 9.47. The molecule has 2 rings (SSSR count). The summed E-state index contributed by atoms with van der Waals surface area (Å²) in [5.41, 5.74) is 3.90. The molecule has 20 heavy (non-hydrogen) atoms. The molecule has 0 aliphatic heterocycles. The van der Waals surface area contributed by atoms with Crippen molar-refractivity contribution in [2.24, 2.45) is 5.84 Å². The Labute approximate surface area is 119 Å². The lowest BCUT2D eigenvalue weighted by molar-refractivity contribution is -0.137. The molecule has 6 heteroatoms. The van der Waals surface area contributed by atoms with Crippen molar-refractivity contribution < 1.29 is 13.2 Å². The number of hydrogen-bond donors (Lipinski definition) is 2. The van der Waals surface area contributed by atoms with Gasteiger partial charge in [-0.05, 0) is 41.1 Å². The molecule has 0 bridgehead atoms. The van der Waals surface area contributed by atoms with E-state index in [2.05, 4.69) is 5.43 Å². The van der Waals surface area contributed by atoms with Gasteiger partial charge in [-0.3, -0.25) is 5.84 Å². The molecule has 108 valence electrons. The number of alkyl halides is 3. The highest BCUT2D eigenvalue weighted by Crippen LogP contribution is 2.33. The maximum Gasteiger partial charge on any atom is 0.416 e. The molecule has 1 aromatic heterocycles. The van der Waals surface area contributed by atoms with Crippen LogP contribution in [0.5, 0.6) is 0 Å². The van der Waals surface area contributed by atoms with Gasteiger partial charge in [0.25, 0.3) is 0 Å². The number of hydrazine groups is 1. The summed E-state index contributed by atoms with van der Waals surface area (Å²) in [5, 5.41) is 1.96. The molecule has 0 saturated carbocycles. The second-order valence-corrected chi connectivity index (χ2v) is 5.33. The van der Waals surface area contributed by atoms with Crippen LogP contribution in [0, 0.1) is 0 Å². The predicted octanol–water partition coefficient (Wildman–Crippen LogP) is 3.88. The van der Waals surface area contributed by atoms with Gasteiger partial charge < -0.3 is 0 Å². The van der Waals surface area contributed by atoms with Gasteiger partial charge in [-0.15, -0.1) is 11.3 Å². The number of nitrogens with one attached hydrogen (secondary N) is 1. The molecule has 2 nitrogen and oxygen atoms in total. The summed E-state index contributed by atoms with van der Waals surface area (Å²) in [6.45, 7) is 2.03. The average molecular weight is 300 g/mol. The third-order valence-corrected chi connectivity index (χ3v) is 4.19. The molecular weight excluding hydrogens is 285 g/mol. The molecule has 0 aliphatic rings.